The van der Waals surface area contributed by atoms with E-state index in [0.717, 1.165) is 22.8 Å². The number of rotatable bonds is 5. The average molecular weight is 210 g/mol. The second-order valence-electron chi connectivity index (χ2n) is 3.30. The molecule has 0 spiro atoms. The molecular formula is C10H14N2OS. The molecule has 1 unspecified atom stereocenters. The fraction of sp³-hybridized carbons (Fsp3) is 0.500. The molecule has 2 N–H and O–H groups in total. The first-order valence-corrected chi connectivity index (χ1v) is 5.38. The summed E-state index contributed by atoms with van der Waals surface area (Å²) in [7, 11) is 0. The molecule has 0 radical (unpaired) electrons. The van der Waals surface area contributed by atoms with Gasteiger partial charge >= 0.3 is 0 Å². The lowest BCUT2D eigenvalue weighted by Gasteiger charge is -2.07. The van der Waals surface area contributed by atoms with Crippen LogP contribution in [0.4, 0.5) is 0 Å². The number of hydrogen-bond acceptors (Lipinski definition) is 4. The van der Waals surface area contributed by atoms with Gasteiger partial charge in [0.15, 0.2) is 0 Å². The van der Waals surface area contributed by atoms with Crippen molar-refractivity contribution >= 4 is 11.3 Å². The fourth-order valence-corrected chi connectivity index (χ4v) is 1.81. The Morgan fingerprint density at radius 1 is 1.64 bits per heavy atom. The minimum absolute atomic E-state index is 0.209. The zero-order valence-electron chi connectivity index (χ0n) is 8.16. The van der Waals surface area contributed by atoms with Crippen molar-refractivity contribution in [3.05, 3.63) is 21.9 Å². The van der Waals surface area contributed by atoms with Crippen LogP contribution in [0.1, 0.15) is 16.7 Å². The van der Waals surface area contributed by atoms with Crippen LogP contribution >= 0.6 is 11.3 Å². The van der Waals surface area contributed by atoms with Crippen LogP contribution in [0.15, 0.2) is 12.1 Å². The Kier molecular flexibility index (Phi) is 4.60. The second kappa shape index (κ2) is 5.76. The molecule has 0 amide bonds. The maximum atomic E-state index is 8.79. The molecule has 1 rings (SSSR count). The molecular weight excluding hydrogens is 196 g/mol. The summed E-state index contributed by atoms with van der Waals surface area (Å²) in [5.74, 6) is 0.283. The molecule has 0 saturated carbocycles. The van der Waals surface area contributed by atoms with Gasteiger partial charge in [0, 0.05) is 24.6 Å². The van der Waals surface area contributed by atoms with Gasteiger partial charge in [-0.25, -0.2) is 0 Å². The molecule has 0 saturated heterocycles. The van der Waals surface area contributed by atoms with Crippen LogP contribution in [-0.4, -0.2) is 18.3 Å². The molecule has 1 aromatic rings. The lowest BCUT2D eigenvalue weighted by atomic mass is 10.2. The van der Waals surface area contributed by atoms with Crippen LogP contribution in [0.25, 0.3) is 0 Å². The quantitative estimate of drug-likeness (QED) is 0.771. The van der Waals surface area contributed by atoms with E-state index in [2.05, 4.69) is 11.4 Å². The summed E-state index contributed by atoms with van der Waals surface area (Å²) in [5, 5.41) is 20.6. The van der Waals surface area contributed by atoms with Crippen molar-refractivity contribution in [2.75, 3.05) is 13.2 Å². The number of nitrogens with one attached hydrogen (secondary N) is 1. The summed E-state index contributed by atoms with van der Waals surface area (Å²) in [6, 6.07) is 5.90. The third-order valence-corrected chi connectivity index (χ3v) is 2.87. The van der Waals surface area contributed by atoms with Crippen molar-refractivity contribution in [2.24, 2.45) is 5.92 Å². The molecule has 0 fully saturated rings. The van der Waals surface area contributed by atoms with E-state index in [1.807, 2.05) is 19.1 Å². The topological polar surface area (TPSA) is 56.0 Å². The van der Waals surface area contributed by atoms with Gasteiger partial charge in [-0.1, -0.05) is 6.92 Å². The van der Waals surface area contributed by atoms with Gasteiger partial charge in [0.05, 0.1) is 0 Å². The van der Waals surface area contributed by atoms with E-state index < -0.39 is 0 Å². The SMILES string of the molecule is CC(CO)CNCc1ccc(C#N)s1. The van der Waals surface area contributed by atoms with Gasteiger partial charge in [-0.05, 0) is 18.1 Å². The Bertz CT molecular complexity index is 316. The van der Waals surface area contributed by atoms with Crippen LogP contribution in [0.5, 0.6) is 0 Å². The first kappa shape index (κ1) is 11.2. The second-order valence-corrected chi connectivity index (χ2v) is 4.46. The third kappa shape index (κ3) is 3.46. The molecule has 1 atom stereocenters. The highest BCUT2D eigenvalue weighted by Gasteiger charge is 2.01. The van der Waals surface area contributed by atoms with E-state index in [0.29, 0.717) is 0 Å². The van der Waals surface area contributed by atoms with Gasteiger partial charge in [0.1, 0.15) is 10.9 Å². The van der Waals surface area contributed by atoms with Crippen molar-refractivity contribution in [3.8, 4) is 6.07 Å². The Labute approximate surface area is 88.0 Å². The van der Waals surface area contributed by atoms with E-state index in [4.69, 9.17) is 10.4 Å². The molecule has 1 aromatic heterocycles. The number of hydrogen-bond donors (Lipinski definition) is 2. The zero-order chi connectivity index (χ0) is 10.4. The van der Waals surface area contributed by atoms with Gasteiger partial charge in [-0.2, -0.15) is 5.26 Å². The van der Waals surface area contributed by atoms with E-state index in [1.54, 1.807) is 0 Å². The Hall–Kier alpha value is -0.890. The van der Waals surface area contributed by atoms with E-state index in [9.17, 15) is 0 Å². The van der Waals surface area contributed by atoms with Gasteiger partial charge in [-0.3, -0.25) is 0 Å². The van der Waals surface area contributed by atoms with Crippen molar-refractivity contribution < 1.29 is 5.11 Å². The van der Waals surface area contributed by atoms with E-state index in [1.165, 1.54) is 11.3 Å². The van der Waals surface area contributed by atoms with Crippen molar-refractivity contribution in [3.63, 3.8) is 0 Å². The van der Waals surface area contributed by atoms with Crippen molar-refractivity contribution in [1.29, 1.82) is 5.26 Å². The molecule has 14 heavy (non-hydrogen) atoms. The maximum Gasteiger partial charge on any atom is 0.110 e. The Morgan fingerprint density at radius 2 is 2.43 bits per heavy atom. The lowest BCUT2D eigenvalue weighted by Crippen LogP contribution is -2.22. The minimum Gasteiger partial charge on any atom is -0.396 e. The van der Waals surface area contributed by atoms with E-state index >= 15 is 0 Å². The van der Waals surface area contributed by atoms with Crippen LogP contribution in [-0.2, 0) is 6.54 Å². The highest BCUT2D eigenvalue weighted by Crippen LogP contribution is 2.14. The molecule has 0 aliphatic rings. The average Bonchev–Trinajstić information content (AvgIpc) is 2.65. The molecule has 0 aromatic carbocycles. The summed E-state index contributed by atoms with van der Waals surface area (Å²) >= 11 is 1.51. The smallest absolute Gasteiger partial charge is 0.110 e. The lowest BCUT2D eigenvalue weighted by molar-refractivity contribution is 0.233. The fourth-order valence-electron chi connectivity index (χ4n) is 1.04. The number of nitrogens with zero attached hydrogens (tertiary/aromatic N) is 1. The van der Waals surface area contributed by atoms with Gasteiger partial charge in [0.25, 0.3) is 0 Å². The first-order valence-electron chi connectivity index (χ1n) is 4.56. The standard InChI is InChI=1S/C10H14N2OS/c1-8(7-13)5-12-6-10-3-2-9(4-11)14-10/h2-3,8,12-13H,5-7H2,1H3. The summed E-state index contributed by atoms with van der Waals surface area (Å²) in [4.78, 5) is 1.91. The van der Waals surface area contributed by atoms with Crippen molar-refractivity contribution in [2.45, 2.75) is 13.5 Å². The van der Waals surface area contributed by atoms with Crippen molar-refractivity contribution in [1.82, 2.24) is 5.32 Å². The Morgan fingerprint density at radius 3 is 3.00 bits per heavy atom. The summed E-state index contributed by atoms with van der Waals surface area (Å²) in [5.41, 5.74) is 0. The number of nitriles is 1. The van der Waals surface area contributed by atoms with Crippen LogP contribution in [0.3, 0.4) is 0 Å². The highest BCUT2D eigenvalue weighted by molar-refractivity contribution is 7.12. The third-order valence-electron chi connectivity index (χ3n) is 1.88. The van der Waals surface area contributed by atoms with E-state index in [-0.39, 0.29) is 12.5 Å². The van der Waals surface area contributed by atoms with Gasteiger partial charge in [-0.15, -0.1) is 11.3 Å². The molecule has 3 nitrogen and oxygen atoms in total. The first-order chi connectivity index (χ1) is 6.76. The normalized spacial score (nSPS) is 12.4. The number of aliphatic hydroxyl groups is 1. The predicted molar refractivity (Wildman–Crippen MR) is 57.0 cm³/mol. The minimum atomic E-state index is 0.209. The maximum absolute atomic E-state index is 8.79. The highest BCUT2D eigenvalue weighted by atomic mass is 32.1. The monoisotopic (exact) mass is 210 g/mol. The molecule has 76 valence electrons. The van der Waals surface area contributed by atoms with Gasteiger partial charge < -0.3 is 10.4 Å². The number of aliphatic hydroxyl groups excluding tert-OH is 1. The predicted octanol–water partition coefficient (Wildman–Crippen LogP) is 1.34. The summed E-state index contributed by atoms with van der Waals surface area (Å²) < 4.78 is 0. The van der Waals surface area contributed by atoms with Crippen LogP contribution < -0.4 is 5.32 Å². The molecule has 4 heteroatoms. The molecule has 0 bridgehead atoms. The number of thiophene rings is 1. The molecule has 0 aliphatic heterocycles. The van der Waals surface area contributed by atoms with Crippen LogP contribution in [0, 0.1) is 17.2 Å². The largest absolute Gasteiger partial charge is 0.396 e. The molecule has 1 heterocycles. The Balaban J connectivity index is 2.28. The zero-order valence-corrected chi connectivity index (χ0v) is 8.97. The summed E-state index contributed by atoms with van der Waals surface area (Å²) in [6.07, 6.45) is 0. The molecule has 0 aliphatic carbocycles. The van der Waals surface area contributed by atoms with Crippen LogP contribution in [0.2, 0.25) is 0 Å². The summed E-state index contributed by atoms with van der Waals surface area (Å²) in [6.45, 7) is 3.77. The van der Waals surface area contributed by atoms with Gasteiger partial charge in [0.2, 0.25) is 0 Å².